The number of phenolic OH excluding ortho intramolecular Hbond substituents is 2. The summed E-state index contributed by atoms with van der Waals surface area (Å²) in [7, 11) is 0. The molecule has 4 heteroatoms. The monoisotopic (exact) mass is 614 g/mol. The summed E-state index contributed by atoms with van der Waals surface area (Å²) in [5, 5.41) is 30.0. The first-order chi connectivity index (χ1) is 22.1. The molecule has 2 aromatic heterocycles. The van der Waals surface area contributed by atoms with Crippen molar-refractivity contribution in [3.63, 3.8) is 0 Å². The normalized spacial score (nSPS) is 13.2. The van der Waals surface area contributed by atoms with E-state index in [1.54, 1.807) is 22.7 Å². The van der Waals surface area contributed by atoms with Gasteiger partial charge in [0, 0.05) is 20.5 Å². The molecule has 2 N–H and O–H groups in total. The molecule has 45 heavy (non-hydrogen) atoms. The Morgan fingerprint density at radius 1 is 0.400 bits per heavy atom. The smallest absolute Gasteiger partial charge is 0.123 e. The van der Waals surface area contributed by atoms with Crippen molar-refractivity contribution in [3.8, 4) is 43.5 Å². The SMILES string of the molecule is Oc1ccc(C2(c3ccc(O)c4ccccc34)c3ccc(-c4cccs4)cc3-c3cc(-c4cccs4)ccc32)c2ccccc12. The number of hydrogen-bond acceptors (Lipinski definition) is 4. The molecule has 0 spiro atoms. The Bertz CT molecular complexity index is 2230. The number of aromatic hydroxyl groups is 2. The molecule has 9 rings (SSSR count). The molecular weight excluding hydrogens is 589 g/mol. The molecule has 0 unspecified atom stereocenters. The van der Waals surface area contributed by atoms with E-state index >= 15 is 0 Å². The van der Waals surface area contributed by atoms with Gasteiger partial charge in [-0.05, 0) is 102 Å². The zero-order valence-electron chi connectivity index (χ0n) is 24.1. The van der Waals surface area contributed by atoms with Crippen LogP contribution < -0.4 is 0 Å². The fraction of sp³-hybridized carbons (Fsp3) is 0.0244. The Hall–Kier alpha value is -5.16. The van der Waals surface area contributed by atoms with Crippen molar-refractivity contribution in [2.24, 2.45) is 0 Å². The molecule has 0 radical (unpaired) electrons. The first kappa shape index (κ1) is 26.3. The van der Waals surface area contributed by atoms with E-state index in [4.69, 9.17) is 0 Å². The van der Waals surface area contributed by atoms with Gasteiger partial charge in [-0.25, -0.2) is 0 Å². The Balaban J connectivity index is 1.49. The predicted octanol–water partition coefficient (Wildman–Crippen LogP) is 11.2. The van der Waals surface area contributed by atoms with Crippen LogP contribution in [0.15, 0.2) is 144 Å². The second-order valence-corrected chi connectivity index (χ2v) is 13.5. The fourth-order valence-electron chi connectivity index (χ4n) is 7.47. The van der Waals surface area contributed by atoms with Crippen LogP contribution in [0, 0.1) is 0 Å². The summed E-state index contributed by atoms with van der Waals surface area (Å²) in [6.45, 7) is 0. The maximum absolute atomic E-state index is 11.0. The van der Waals surface area contributed by atoms with Crippen LogP contribution in [-0.2, 0) is 5.41 Å². The number of phenols is 2. The molecule has 2 nitrogen and oxygen atoms in total. The predicted molar refractivity (Wildman–Crippen MR) is 189 cm³/mol. The largest absolute Gasteiger partial charge is 0.507 e. The number of hydrogen-bond donors (Lipinski definition) is 2. The van der Waals surface area contributed by atoms with Gasteiger partial charge in [0.2, 0.25) is 0 Å². The molecule has 214 valence electrons. The van der Waals surface area contributed by atoms with Gasteiger partial charge in [-0.1, -0.05) is 97.1 Å². The zero-order valence-corrected chi connectivity index (χ0v) is 25.7. The molecule has 0 saturated heterocycles. The van der Waals surface area contributed by atoms with Gasteiger partial charge in [0.1, 0.15) is 11.5 Å². The second-order valence-electron chi connectivity index (χ2n) is 11.6. The van der Waals surface area contributed by atoms with E-state index in [9.17, 15) is 10.2 Å². The number of thiophene rings is 2. The van der Waals surface area contributed by atoms with E-state index in [1.807, 2.05) is 48.5 Å². The quantitative estimate of drug-likeness (QED) is 0.207. The maximum atomic E-state index is 11.0. The van der Waals surface area contributed by atoms with Crippen LogP contribution in [0.3, 0.4) is 0 Å². The minimum atomic E-state index is -0.729. The summed E-state index contributed by atoms with van der Waals surface area (Å²) in [5.74, 6) is 0.527. The van der Waals surface area contributed by atoms with E-state index < -0.39 is 5.41 Å². The van der Waals surface area contributed by atoms with Crippen molar-refractivity contribution in [1.82, 2.24) is 0 Å². The average Bonchev–Trinajstić information content (AvgIpc) is 3.87. The molecule has 0 bridgehead atoms. The Labute approximate surface area is 268 Å². The minimum absolute atomic E-state index is 0.264. The van der Waals surface area contributed by atoms with Crippen molar-refractivity contribution in [2.75, 3.05) is 0 Å². The fourth-order valence-corrected chi connectivity index (χ4v) is 8.92. The summed E-state index contributed by atoms with van der Waals surface area (Å²) in [5.41, 5.74) is 8.62. The van der Waals surface area contributed by atoms with Gasteiger partial charge < -0.3 is 10.2 Å². The van der Waals surface area contributed by atoms with Gasteiger partial charge in [0.15, 0.2) is 0 Å². The third-order valence-electron chi connectivity index (χ3n) is 9.36. The molecule has 1 aliphatic rings. The van der Waals surface area contributed by atoms with Gasteiger partial charge in [0.05, 0.1) is 5.41 Å². The van der Waals surface area contributed by atoms with Crippen molar-refractivity contribution < 1.29 is 10.2 Å². The highest BCUT2D eigenvalue weighted by Gasteiger charge is 2.48. The topological polar surface area (TPSA) is 40.5 Å². The van der Waals surface area contributed by atoms with Crippen molar-refractivity contribution >= 4 is 44.2 Å². The molecule has 6 aromatic carbocycles. The molecule has 2 heterocycles. The highest BCUT2D eigenvalue weighted by Crippen LogP contribution is 2.60. The van der Waals surface area contributed by atoms with Gasteiger partial charge in [0.25, 0.3) is 0 Å². The second kappa shape index (κ2) is 9.93. The van der Waals surface area contributed by atoms with Crippen molar-refractivity contribution in [2.45, 2.75) is 5.41 Å². The van der Waals surface area contributed by atoms with Gasteiger partial charge in [-0.3, -0.25) is 0 Å². The molecule has 0 atom stereocenters. The summed E-state index contributed by atoms with van der Waals surface area (Å²) >= 11 is 3.50. The third-order valence-corrected chi connectivity index (χ3v) is 11.2. The van der Waals surface area contributed by atoms with Crippen LogP contribution in [0.1, 0.15) is 22.3 Å². The molecular formula is C41H26O2S2. The lowest BCUT2D eigenvalue weighted by atomic mass is 9.65. The highest BCUT2D eigenvalue weighted by molar-refractivity contribution is 7.13. The molecule has 1 aliphatic carbocycles. The van der Waals surface area contributed by atoms with Crippen molar-refractivity contribution in [3.05, 3.63) is 166 Å². The van der Waals surface area contributed by atoms with Gasteiger partial charge in [-0.2, -0.15) is 0 Å². The minimum Gasteiger partial charge on any atom is -0.507 e. The van der Waals surface area contributed by atoms with Crippen LogP contribution in [0.4, 0.5) is 0 Å². The Kier molecular flexibility index (Phi) is 5.79. The highest BCUT2D eigenvalue weighted by atomic mass is 32.1. The lowest BCUT2D eigenvalue weighted by Gasteiger charge is -2.36. The van der Waals surface area contributed by atoms with E-state index in [0.29, 0.717) is 0 Å². The summed E-state index contributed by atoms with van der Waals surface area (Å²) in [4.78, 5) is 2.47. The van der Waals surface area contributed by atoms with Crippen LogP contribution in [-0.4, -0.2) is 10.2 Å². The Morgan fingerprint density at radius 2 is 0.822 bits per heavy atom. The van der Waals surface area contributed by atoms with Crippen LogP contribution in [0.5, 0.6) is 11.5 Å². The Morgan fingerprint density at radius 3 is 1.24 bits per heavy atom. The molecule has 0 saturated carbocycles. The van der Waals surface area contributed by atoms with E-state index in [0.717, 1.165) is 32.7 Å². The van der Waals surface area contributed by atoms with Crippen LogP contribution in [0.25, 0.3) is 53.6 Å². The summed E-state index contributed by atoms with van der Waals surface area (Å²) in [6, 6.07) is 46.5. The first-order valence-electron chi connectivity index (χ1n) is 14.9. The average molecular weight is 615 g/mol. The van der Waals surface area contributed by atoms with Gasteiger partial charge >= 0.3 is 0 Å². The summed E-state index contributed by atoms with van der Waals surface area (Å²) < 4.78 is 0. The number of fused-ring (bicyclic) bond motifs is 5. The molecule has 0 aliphatic heterocycles. The van der Waals surface area contributed by atoms with E-state index in [1.165, 1.54) is 43.1 Å². The molecule has 8 aromatic rings. The van der Waals surface area contributed by atoms with Crippen LogP contribution in [0.2, 0.25) is 0 Å². The van der Waals surface area contributed by atoms with E-state index in [2.05, 4.69) is 95.7 Å². The lowest BCUT2D eigenvalue weighted by Crippen LogP contribution is -2.29. The first-order valence-corrected chi connectivity index (χ1v) is 16.7. The van der Waals surface area contributed by atoms with Crippen molar-refractivity contribution in [1.29, 1.82) is 0 Å². The number of rotatable bonds is 4. The summed E-state index contributed by atoms with van der Waals surface area (Å²) in [6.07, 6.45) is 0. The molecule has 0 fully saturated rings. The van der Waals surface area contributed by atoms with E-state index in [-0.39, 0.29) is 11.5 Å². The third kappa shape index (κ3) is 3.73. The zero-order chi connectivity index (χ0) is 30.1. The maximum Gasteiger partial charge on any atom is 0.123 e. The number of benzene rings is 6. The van der Waals surface area contributed by atoms with Crippen LogP contribution >= 0.6 is 22.7 Å². The molecule has 0 amide bonds. The standard InChI is InChI=1S/C41H26O2S2/c42-37-19-17-33(27-7-1-3-9-29(27)37)41(34-18-20-38(43)30-10-4-2-8-28(30)34)35-15-13-25(39-11-5-21-44-39)23-31(35)32-24-26(14-16-36(32)41)40-12-6-22-45-40/h1-24,42-43H. The lowest BCUT2D eigenvalue weighted by molar-refractivity contribution is 0.481. The van der Waals surface area contributed by atoms with Gasteiger partial charge in [-0.15, -0.1) is 22.7 Å².